The second-order valence-corrected chi connectivity index (χ2v) is 9.01. The number of fused-ring (bicyclic) bond motifs is 1. The lowest BCUT2D eigenvalue weighted by Crippen LogP contribution is -2.20. The number of aryl methyl sites for hydroxylation is 2. The van der Waals surface area contributed by atoms with Gasteiger partial charge in [0.25, 0.3) is 11.5 Å². The molecule has 1 amide bonds. The molecule has 0 unspecified atom stereocenters. The first-order chi connectivity index (χ1) is 15.0. The fraction of sp³-hybridized carbons (Fsp3) is 0.182. The van der Waals surface area contributed by atoms with Crippen LogP contribution in [-0.4, -0.2) is 27.1 Å². The minimum atomic E-state index is -0.244. The molecular formula is C22H20N4O3S2. The van der Waals surface area contributed by atoms with Gasteiger partial charge in [0, 0.05) is 16.7 Å². The van der Waals surface area contributed by atoms with Gasteiger partial charge in [-0.25, -0.2) is 4.98 Å². The van der Waals surface area contributed by atoms with Crippen molar-refractivity contribution in [1.29, 1.82) is 0 Å². The zero-order valence-electron chi connectivity index (χ0n) is 17.0. The molecule has 0 fully saturated rings. The molecule has 0 aliphatic heterocycles. The van der Waals surface area contributed by atoms with Gasteiger partial charge < -0.3 is 10.1 Å². The summed E-state index contributed by atoms with van der Waals surface area (Å²) < 4.78 is 6.87. The van der Waals surface area contributed by atoms with E-state index < -0.39 is 0 Å². The van der Waals surface area contributed by atoms with Crippen LogP contribution in [0.25, 0.3) is 4.96 Å². The Kier molecular flexibility index (Phi) is 6.34. The quantitative estimate of drug-likeness (QED) is 0.425. The first-order valence-electron chi connectivity index (χ1n) is 9.55. The summed E-state index contributed by atoms with van der Waals surface area (Å²) in [6, 6.07) is 16.6. The van der Waals surface area contributed by atoms with Crippen molar-refractivity contribution in [3.8, 4) is 5.75 Å². The lowest BCUT2D eigenvalue weighted by Gasteiger charge is -2.11. The highest BCUT2D eigenvalue weighted by molar-refractivity contribution is 7.98. The molecule has 0 spiro atoms. The number of anilines is 1. The number of amides is 1. The van der Waals surface area contributed by atoms with Crippen LogP contribution in [0, 0.1) is 13.8 Å². The second-order valence-electron chi connectivity index (χ2n) is 6.84. The lowest BCUT2D eigenvalue weighted by atomic mass is 10.2. The standard InChI is InChI=1S/C22H20N4O3S2/c1-14-7-9-17(10-8-14)29-12-20(27)24-18-5-3-4-6-19(18)30-13-16-11-21(28)26-22(23-16)31-15(2)25-26/h3-11H,12-13H2,1-2H3,(H,24,27). The van der Waals surface area contributed by atoms with E-state index in [0.29, 0.717) is 27.8 Å². The van der Waals surface area contributed by atoms with E-state index in [1.54, 1.807) is 0 Å². The van der Waals surface area contributed by atoms with E-state index in [4.69, 9.17) is 4.74 Å². The van der Waals surface area contributed by atoms with Crippen LogP contribution < -0.4 is 15.6 Å². The number of ether oxygens (including phenoxy) is 1. The minimum Gasteiger partial charge on any atom is -0.484 e. The van der Waals surface area contributed by atoms with Crippen molar-refractivity contribution in [2.45, 2.75) is 24.5 Å². The summed E-state index contributed by atoms with van der Waals surface area (Å²) in [5.41, 5.74) is 2.29. The van der Waals surface area contributed by atoms with E-state index in [1.807, 2.05) is 62.4 Å². The van der Waals surface area contributed by atoms with Gasteiger partial charge >= 0.3 is 0 Å². The molecule has 7 nitrogen and oxygen atoms in total. The predicted octanol–water partition coefficient (Wildman–Crippen LogP) is 4.08. The van der Waals surface area contributed by atoms with E-state index >= 15 is 0 Å². The van der Waals surface area contributed by atoms with Gasteiger partial charge in [-0.05, 0) is 38.1 Å². The molecule has 2 heterocycles. The number of nitrogens with zero attached hydrogens (tertiary/aromatic N) is 3. The summed E-state index contributed by atoms with van der Waals surface area (Å²) >= 11 is 2.88. The number of aromatic nitrogens is 3. The molecule has 9 heteroatoms. The molecule has 1 N–H and O–H groups in total. The second kappa shape index (κ2) is 9.32. The van der Waals surface area contributed by atoms with Crippen molar-refractivity contribution in [3.05, 3.63) is 81.2 Å². The fourth-order valence-corrected chi connectivity index (χ4v) is 4.51. The van der Waals surface area contributed by atoms with Crippen LogP contribution in [0.4, 0.5) is 5.69 Å². The lowest BCUT2D eigenvalue weighted by molar-refractivity contribution is -0.118. The molecule has 0 saturated carbocycles. The number of carbonyl (C=O) groups is 1. The number of thioether (sulfide) groups is 1. The number of para-hydroxylation sites is 1. The van der Waals surface area contributed by atoms with E-state index in [1.165, 1.54) is 33.7 Å². The Balaban J connectivity index is 1.40. The molecule has 4 aromatic rings. The number of hydrogen-bond donors (Lipinski definition) is 1. The van der Waals surface area contributed by atoms with Crippen molar-refractivity contribution in [2.75, 3.05) is 11.9 Å². The van der Waals surface area contributed by atoms with Gasteiger partial charge in [0.1, 0.15) is 10.8 Å². The zero-order chi connectivity index (χ0) is 21.8. The van der Waals surface area contributed by atoms with Crippen LogP contribution in [0.1, 0.15) is 16.3 Å². The Morgan fingerprint density at radius 1 is 1.16 bits per heavy atom. The molecule has 0 aliphatic carbocycles. The number of benzene rings is 2. The Morgan fingerprint density at radius 2 is 1.94 bits per heavy atom. The summed E-state index contributed by atoms with van der Waals surface area (Å²) in [5, 5.41) is 7.84. The van der Waals surface area contributed by atoms with Crippen LogP contribution >= 0.6 is 23.1 Å². The van der Waals surface area contributed by atoms with E-state index in [2.05, 4.69) is 15.4 Å². The van der Waals surface area contributed by atoms with Crippen LogP contribution in [0.5, 0.6) is 5.75 Å². The van der Waals surface area contributed by atoms with Crippen LogP contribution in [0.15, 0.2) is 64.3 Å². The molecule has 2 aromatic carbocycles. The third-order valence-electron chi connectivity index (χ3n) is 4.33. The Hall–Kier alpha value is -3.17. The molecule has 2 aromatic heterocycles. The van der Waals surface area contributed by atoms with Crippen molar-refractivity contribution < 1.29 is 9.53 Å². The van der Waals surface area contributed by atoms with Gasteiger partial charge in [0.2, 0.25) is 4.96 Å². The van der Waals surface area contributed by atoms with Gasteiger partial charge in [-0.3, -0.25) is 9.59 Å². The molecular weight excluding hydrogens is 432 g/mol. The Bertz CT molecular complexity index is 1280. The predicted molar refractivity (Wildman–Crippen MR) is 123 cm³/mol. The maximum absolute atomic E-state index is 12.4. The first-order valence-corrected chi connectivity index (χ1v) is 11.4. The maximum atomic E-state index is 12.4. The van der Waals surface area contributed by atoms with Crippen LogP contribution in [-0.2, 0) is 10.5 Å². The van der Waals surface area contributed by atoms with Gasteiger partial charge in [0.15, 0.2) is 6.61 Å². The number of nitrogens with one attached hydrogen (secondary N) is 1. The summed E-state index contributed by atoms with van der Waals surface area (Å²) in [6.45, 7) is 3.75. The zero-order valence-corrected chi connectivity index (χ0v) is 18.6. The van der Waals surface area contributed by atoms with Gasteiger partial charge in [-0.15, -0.1) is 11.8 Å². The number of carbonyl (C=O) groups excluding carboxylic acids is 1. The summed E-state index contributed by atoms with van der Waals surface area (Å²) in [6.07, 6.45) is 0. The molecule has 31 heavy (non-hydrogen) atoms. The van der Waals surface area contributed by atoms with Crippen LogP contribution in [0.3, 0.4) is 0 Å². The number of rotatable bonds is 7. The van der Waals surface area contributed by atoms with Crippen molar-refractivity contribution in [1.82, 2.24) is 14.6 Å². The maximum Gasteiger partial charge on any atom is 0.275 e. The normalized spacial score (nSPS) is 10.9. The highest BCUT2D eigenvalue weighted by atomic mass is 32.2. The summed E-state index contributed by atoms with van der Waals surface area (Å²) in [7, 11) is 0. The molecule has 0 bridgehead atoms. The average Bonchev–Trinajstić information content (AvgIpc) is 3.13. The highest BCUT2D eigenvalue weighted by Gasteiger charge is 2.11. The highest BCUT2D eigenvalue weighted by Crippen LogP contribution is 2.29. The fourth-order valence-electron chi connectivity index (χ4n) is 2.84. The topological polar surface area (TPSA) is 85.6 Å². The molecule has 4 rings (SSSR count). The monoisotopic (exact) mass is 452 g/mol. The van der Waals surface area contributed by atoms with Crippen molar-refractivity contribution in [3.63, 3.8) is 0 Å². The van der Waals surface area contributed by atoms with E-state index in [-0.39, 0.29) is 18.1 Å². The Labute approximate surface area is 187 Å². The number of hydrogen-bond acceptors (Lipinski definition) is 7. The van der Waals surface area contributed by atoms with Gasteiger partial charge in [-0.1, -0.05) is 41.2 Å². The minimum absolute atomic E-state index is 0.0816. The third-order valence-corrected chi connectivity index (χ3v) is 6.26. The van der Waals surface area contributed by atoms with E-state index in [9.17, 15) is 9.59 Å². The molecule has 0 atom stereocenters. The molecule has 158 valence electrons. The van der Waals surface area contributed by atoms with Crippen LogP contribution in [0.2, 0.25) is 0 Å². The van der Waals surface area contributed by atoms with E-state index in [0.717, 1.165) is 15.5 Å². The molecule has 0 radical (unpaired) electrons. The smallest absolute Gasteiger partial charge is 0.275 e. The largest absolute Gasteiger partial charge is 0.484 e. The molecule has 0 saturated heterocycles. The third kappa shape index (κ3) is 5.31. The Morgan fingerprint density at radius 3 is 2.74 bits per heavy atom. The average molecular weight is 453 g/mol. The first kappa shape index (κ1) is 21.1. The van der Waals surface area contributed by atoms with Gasteiger partial charge in [0.05, 0.1) is 11.4 Å². The van der Waals surface area contributed by atoms with Crippen molar-refractivity contribution in [2.24, 2.45) is 0 Å². The summed E-state index contributed by atoms with van der Waals surface area (Å²) in [4.78, 5) is 30.6. The molecule has 0 aliphatic rings. The SMILES string of the molecule is Cc1ccc(OCC(=O)Nc2ccccc2SCc2cc(=O)n3nc(C)sc3n2)cc1. The van der Waals surface area contributed by atoms with Gasteiger partial charge in [-0.2, -0.15) is 9.61 Å². The van der Waals surface area contributed by atoms with Crippen molar-refractivity contribution >= 4 is 39.7 Å². The summed E-state index contributed by atoms with van der Waals surface area (Å²) in [5.74, 6) is 0.899.